The van der Waals surface area contributed by atoms with E-state index in [1.165, 1.54) is 10.9 Å². The summed E-state index contributed by atoms with van der Waals surface area (Å²) >= 11 is 5.27. The summed E-state index contributed by atoms with van der Waals surface area (Å²) in [6.07, 6.45) is 4.95. The van der Waals surface area contributed by atoms with Crippen molar-refractivity contribution >= 4 is 29.5 Å². The van der Waals surface area contributed by atoms with Crippen LogP contribution in [-0.2, 0) is 19.0 Å². The Bertz CT molecular complexity index is 656. The van der Waals surface area contributed by atoms with Gasteiger partial charge in [-0.05, 0) is 59.2 Å². The predicted octanol–water partition coefficient (Wildman–Crippen LogP) is 2.41. The lowest BCUT2D eigenvalue weighted by Gasteiger charge is -2.34. The highest BCUT2D eigenvalue weighted by molar-refractivity contribution is 7.80. The first-order valence-electron chi connectivity index (χ1n) is 8.55. The minimum absolute atomic E-state index is 0.147. The Kier molecular flexibility index (Phi) is 6.22. The number of nitrogens with one attached hydrogen (secondary N) is 1. The predicted molar refractivity (Wildman–Crippen MR) is 97.7 cm³/mol. The Morgan fingerprint density at radius 2 is 2.15 bits per heavy atom. The van der Waals surface area contributed by atoms with Crippen LogP contribution in [0.3, 0.4) is 0 Å². The number of carbonyl (C=O) groups is 2. The van der Waals surface area contributed by atoms with E-state index in [4.69, 9.17) is 26.4 Å². The van der Waals surface area contributed by atoms with Crippen LogP contribution in [-0.4, -0.2) is 50.6 Å². The Hall–Kier alpha value is -2.16. The molecule has 0 aromatic carbocycles. The smallest absolute Gasteiger partial charge is 0.408 e. The number of alkyl carbamates (subject to hydrolysis) is 1. The molecule has 144 valence electrons. The highest BCUT2D eigenvalue weighted by atomic mass is 32.1. The molecule has 1 amide bonds. The molecule has 0 saturated heterocycles. The standard InChI is InChI=1S/C17H25N3O5S/c1-5-23-13(21)17(19-14(22)25-16(2,3)4)8-6-7-12(17)24-15(26)20-10-9-18-11-20/h9-12H,5-8H2,1-4H3,(H,19,22). The maximum atomic E-state index is 12.7. The number of rotatable bonds is 4. The molecule has 0 aliphatic heterocycles. The molecule has 1 N–H and O–H groups in total. The Morgan fingerprint density at radius 3 is 2.73 bits per heavy atom. The van der Waals surface area contributed by atoms with Crippen molar-refractivity contribution in [2.75, 3.05) is 6.61 Å². The third-order valence-electron chi connectivity index (χ3n) is 3.91. The van der Waals surface area contributed by atoms with Gasteiger partial charge in [-0.2, -0.15) is 0 Å². The number of hydrogen-bond acceptors (Lipinski definition) is 7. The van der Waals surface area contributed by atoms with Crippen molar-refractivity contribution in [2.24, 2.45) is 0 Å². The lowest BCUT2D eigenvalue weighted by atomic mass is 9.95. The van der Waals surface area contributed by atoms with Crippen molar-refractivity contribution in [1.29, 1.82) is 0 Å². The van der Waals surface area contributed by atoms with E-state index in [9.17, 15) is 9.59 Å². The third kappa shape index (κ3) is 4.72. The molecule has 1 aliphatic carbocycles. The molecular weight excluding hydrogens is 358 g/mol. The highest BCUT2D eigenvalue weighted by Crippen LogP contribution is 2.34. The van der Waals surface area contributed by atoms with E-state index in [1.54, 1.807) is 40.1 Å². The van der Waals surface area contributed by atoms with E-state index in [1.807, 2.05) is 0 Å². The monoisotopic (exact) mass is 383 g/mol. The van der Waals surface area contributed by atoms with E-state index in [0.29, 0.717) is 19.3 Å². The van der Waals surface area contributed by atoms with Crippen LogP contribution in [0.2, 0.25) is 0 Å². The van der Waals surface area contributed by atoms with E-state index < -0.39 is 29.3 Å². The summed E-state index contributed by atoms with van der Waals surface area (Å²) in [7, 11) is 0. The normalized spacial score (nSPS) is 22.5. The number of aromatic nitrogens is 2. The number of ether oxygens (including phenoxy) is 3. The Morgan fingerprint density at radius 1 is 1.42 bits per heavy atom. The lowest BCUT2D eigenvalue weighted by Crippen LogP contribution is -2.61. The number of nitrogens with zero attached hydrogens (tertiary/aromatic N) is 2. The highest BCUT2D eigenvalue weighted by Gasteiger charge is 2.54. The molecule has 2 atom stereocenters. The minimum Gasteiger partial charge on any atom is -0.464 e. The molecule has 1 heterocycles. The van der Waals surface area contributed by atoms with Crippen molar-refractivity contribution in [3.63, 3.8) is 0 Å². The molecule has 0 radical (unpaired) electrons. The van der Waals surface area contributed by atoms with Crippen molar-refractivity contribution in [2.45, 2.75) is 64.2 Å². The molecule has 2 rings (SSSR count). The van der Waals surface area contributed by atoms with Crippen molar-refractivity contribution in [3.05, 3.63) is 18.7 Å². The van der Waals surface area contributed by atoms with Crippen molar-refractivity contribution in [3.8, 4) is 0 Å². The van der Waals surface area contributed by atoms with Crippen molar-refractivity contribution in [1.82, 2.24) is 14.9 Å². The fourth-order valence-corrected chi connectivity index (χ4v) is 3.08. The second kappa shape index (κ2) is 8.03. The van der Waals surface area contributed by atoms with E-state index in [2.05, 4.69) is 10.3 Å². The lowest BCUT2D eigenvalue weighted by molar-refractivity contribution is -0.154. The topological polar surface area (TPSA) is 91.7 Å². The van der Waals surface area contributed by atoms with Crippen LogP contribution in [0.1, 0.15) is 47.0 Å². The van der Waals surface area contributed by atoms with Gasteiger partial charge in [0.25, 0.3) is 5.17 Å². The number of imidazole rings is 1. The van der Waals surface area contributed by atoms with Gasteiger partial charge in [-0.3, -0.25) is 4.57 Å². The number of amides is 1. The average molecular weight is 383 g/mol. The largest absolute Gasteiger partial charge is 0.464 e. The summed E-state index contributed by atoms with van der Waals surface area (Å²) in [5.74, 6) is -0.554. The molecule has 2 unspecified atom stereocenters. The van der Waals surface area contributed by atoms with Gasteiger partial charge in [-0.1, -0.05) is 0 Å². The summed E-state index contributed by atoms with van der Waals surface area (Å²) in [5, 5.41) is 2.84. The van der Waals surface area contributed by atoms with Crippen LogP contribution < -0.4 is 5.32 Å². The van der Waals surface area contributed by atoms with Gasteiger partial charge in [-0.25, -0.2) is 14.6 Å². The minimum atomic E-state index is -1.34. The van der Waals surface area contributed by atoms with Gasteiger partial charge in [0.1, 0.15) is 18.0 Å². The summed E-state index contributed by atoms with van der Waals surface area (Å²) < 4.78 is 17.9. The number of esters is 1. The second-order valence-corrected chi connectivity index (χ2v) is 7.40. The molecule has 1 fully saturated rings. The van der Waals surface area contributed by atoms with Gasteiger partial charge in [0, 0.05) is 12.4 Å². The molecule has 8 nitrogen and oxygen atoms in total. The first-order chi connectivity index (χ1) is 12.2. The summed E-state index contributed by atoms with van der Waals surface area (Å²) in [6, 6.07) is 0. The van der Waals surface area contributed by atoms with Gasteiger partial charge in [0.2, 0.25) is 0 Å². The molecule has 9 heteroatoms. The average Bonchev–Trinajstić information content (AvgIpc) is 3.16. The fourth-order valence-electron chi connectivity index (χ4n) is 2.86. The molecule has 1 aromatic rings. The first-order valence-corrected chi connectivity index (χ1v) is 8.96. The van der Waals surface area contributed by atoms with Crippen molar-refractivity contribution < 1.29 is 23.8 Å². The number of carbonyl (C=O) groups excluding carboxylic acids is 2. The molecule has 0 bridgehead atoms. The zero-order valence-electron chi connectivity index (χ0n) is 15.5. The van der Waals surface area contributed by atoms with Gasteiger partial charge in [-0.15, -0.1) is 0 Å². The SMILES string of the molecule is CCOC(=O)C1(NC(=O)OC(C)(C)C)CCCC1OC(=S)n1ccnc1. The van der Waals surface area contributed by atoms with Crippen LogP contribution in [0.25, 0.3) is 0 Å². The van der Waals surface area contributed by atoms with Crippen LogP contribution in [0.4, 0.5) is 4.79 Å². The Balaban J connectivity index is 2.22. The Labute approximate surface area is 158 Å². The number of hydrogen-bond donors (Lipinski definition) is 1. The number of thiocarbonyl (C=S) groups is 1. The molecule has 0 spiro atoms. The molecule has 1 aromatic heterocycles. The maximum Gasteiger partial charge on any atom is 0.408 e. The first kappa shape index (κ1) is 20.2. The second-order valence-electron chi connectivity index (χ2n) is 7.05. The maximum absolute atomic E-state index is 12.7. The zero-order chi connectivity index (χ0) is 19.4. The molecule has 26 heavy (non-hydrogen) atoms. The quantitative estimate of drug-likeness (QED) is 0.630. The molecule has 1 saturated carbocycles. The van der Waals surface area contributed by atoms with E-state index >= 15 is 0 Å². The van der Waals surface area contributed by atoms with Crippen LogP contribution in [0.5, 0.6) is 0 Å². The molecular formula is C17H25N3O5S. The summed E-state index contributed by atoms with van der Waals surface area (Å²) in [4.78, 5) is 29.0. The summed E-state index contributed by atoms with van der Waals surface area (Å²) in [5.41, 5.74) is -2.04. The fraction of sp³-hybridized carbons (Fsp3) is 0.647. The van der Waals surface area contributed by atoms with Gasteiger partial charge >= 0.3 is 12.1 Å². The van der Waals surface area contributed by atoms with E-state index in [0.717, 1.165) is 0 Å². The molecule has 1 aliphatic rings. The van der Waals surface area contributed by atoms with Gasteiger partial charge in [0.05, 0.1) is 6.61 Å². The summed E-state index contributed by atoms with van der Waals surface area (Å²) in [6.45, 7) is 7.15. The van der Waals surface area contributed by atoms with E-state index in [-0.39, 0.29) is 11.8 Å². The van der Waals surface area contributed by atoms with Crippen LogP contribution in [0.15, 0.2) is 18.7 Å². The third-order valence-corrected chi connectivity index (χ3v) is 4.22. The van der Waals surface area contributed by atoms with Gasteiger partial charge < -0.3 is 19.5 Å². The van der Waals surface area contributed by atoms with Crippen LogP contribution in [0, 0.1) is 0 Å². The zero-order valence-corrected chi connectivity index (χ0v) is 16.3. The van der Waals surface area contributed by atoms with Crippen LogP contribution >= 0.6 is 12.2 Å². The van der Waals surface area contributed by atoms with Gasteiger partial charge in [0.15, 0.2) is 5.54 Å².